The topological polar surface area (TPSA) is 69.0 Å². The van der Waals surface area contributed by atoms with Crippen molar-refractivity contribution in [1.29, 1.82) is 0 Å². The number of carbonyl (C=O) groups excluding carboxylic acids is 1. The summed E-state index contributed by atoms with van der Waals surface area (Å²) in [6, 6.07) is 11.8. The van der Waals surface area contributed by atoms with Crippen molar-refractivity contribution in [3.63, 3.8) is 0 Å². The zero-order valence-electron chi connectivity index (χ0n) is 20.8. The maximum Gasteiger partial charge on any atom is 0.414 e. The first-order valence-corrected chi connectivity index (χ1v) is 13.4. The molecule has 0 aliphatic heterocycles. The molecule has 1 fully saturated rings. The molecular formula is C29H33ClN4O2. The first-order valence-electron chi connectivity index (χ1n) is 13.1. The molecule has 2 aromatic heterocycles. The van der Waals surface area contributed by atoms with Crippen LogP contribution in [0.25, 0.3) is 17.3 Å². The van der Waals surface area contributed by atoms with Crippen molar-refractivity contribution in [2.75, 3.05) is 0 Å². The summed E-state index contributed by atoms with van der Waals surface area (Å²) in [5.74, 6) is 0.894. The Morgan fingerprint density at radius 3 is 2.53 bits per heavy atom. The van der Waals surface area contributed by atoms with Gasteiger partial charge in [-0.3, -0.25) is 4.98 Å². The molecule has 5 rings (SSSR count). The lowest BCUT2D eigenvalue weighted by Gasteiger charge is -2.27. The Hall–Kier alpha value is -3.12. The minimum atomic E-state index is -0.428. The quantitative estimate of drug-likeness (QED) is 0.371. The van der Waals surface area contributed by atoms with E-state index in [0.29, 0.717) is 16.8 Å². The van der Waals surface area contributed by atoms with Crippen molar-refractivity contribution < 1.29 is 9.53 Å². The molecule has 0 spiro atoms. The molecule has 1 amide bonds. The van der Waals surface area contributed by atoms with Gasteiger partial charge in [-0.1, -0.05) is 43.0 Å². The molecule has 0 saturated heterocycles. The highest BCUT2D eigenvalue weighted by atomic mass is 35.5. The van der Waals surface area contributed by atoms with Gasteiger partial charge in [0.05, 0.1) is 11.4 Å². The second kappa shape index (κ2) is 11.3. The fraction of sp³-hybridized carbons (Fsp3) is 0.414. The number of pyridine rings is 1. The minimum Gasteiger partial charge on any atom is -0.389 e. The summed E-state index contributed by atoms with van der Waals surface area (Å²) < 4.78 is 7.80. The second-order valence-electron chi connectivity index (χ2n) is 9.90. The number of carbonyl (C=O) groups is 1. The Labute approximate surface area is 217 Å². The molecule has 1 N–H and O–H groups in total. The van der Waals surface area contributed by atoms with Crippen molar-refractivity contribution >= 4 is 29.3 Å². The zero-order chi connectivity index (χ0) is 24.9. The highest BCUT2D eigenvalue weighted by molar-refractivity contribution is 6.30. The fourth-order valence-corrected chi connectivity index (χ4v) is 5.56. The number of nitrogens with zero attached hydrogens (tertiary/aromatic N) is 3. The van der Waals surface area contributed by atoms with Gasteiger partial charge in [0.25, 0.3) is 0 Å². The van der Waals surface area contributed by atoms with Crippen LogP contribution in [0.4, 0.5) is 4.79 Å². The third kappa shape index (κ3) is 5.65. The molecule has 0 radical (unpaired) electrons. The van der Waals surface area contributed by atoms with Crippen LogP contribution in [0.3, 0.4) is 0 Å². The molecule has 1 atom stereocenters. The molecule has 7 heteroatoms. The third-order valence-electron chi connectivity index (χ3n) is 7.38. The number of amides is 1. The standard InChI is InChI=1S/C29H33ClN4O2/c1-20(22-7-3-2-4-8-22)32-29(35)36-28-26-10-6-5-9-23(19-21-11-13-24(30)14-12-21)27(26)34(33-28)25-15-17-31-18-16-25/h11-20,22H,2-10H2,1H3,(H,32,35)/b23-19+/t20-/m1/s1. The molecule has 188 valence electrons. The van der Waals surface area contributed by atoms with E-state index in [0.717, 1.165) is 61.0 Å². The molecule has 0 bridgehead atoms. The minimum absolute atomic E-state index is 0.0825. The predicted molar refractivity (Wildman–Crippen MR) is 143 cm³/mol. The number of allylic oxidation sites excluding steroid dienone is 1. The van der Waals surface area contributed by atoms with Crippen LogP contribution in [-0.2, 0) is 6.42 Å². The first kappa shape index (κ1) is 24.6. The van der Waals surface area contributed by atoms with Crippen LogP contribution in [0.5, 0.6) is 5.88 Å². The van der Waals surface area contributed by atoms with Gasteiger partial charge in [0, 0.05) is 29.0 Å². The van der Waals surface area contributed by atoms with Crippen molar-refractivity contribution in [1.82, 2.24) is 20.1 Å². The number of hydrogen-bond acceptors (Lipinski definition) is 4. The highest BCUT2D eigenvalue weighted by Crippen LogP contribution is 2.38. The molecule has 2 aliphatic rings. The predicted octanol–water partition coefficient (Wildman–Crippen LogP) is 7.24. The molecule has 2 aliphatic carbocycles. The van der Waals surface area contributed by atoms with E-state index in [1.165, 1.54) is 24.8 Å². The Balaban J connectivity index is 1.49. The largest absolute Gasteiger partial charge is 0.414 e. The van der Waals surface area contributed by atoms with Gasteiger partial charge >= 0.3 is 6.09 Å². The monoisotopic (exact) mass is 504 g/mol. The smallest absolute Gasteiger partial charge is 0.389 e. The average Bonchev–Trinajstić information content (AvgIpc) is 3.12. The molecule has 0 unspecified atom stereocenters. The van der Waals surface area contributed by atoms with Gasteiger partial charge in [0.2, 0.25) is 5.88 Å². The van der Waals surface area contributed by atoms with Crippen LogP contribution in [0.15, 0.2) is 48.8 Å². The second-order valence-corrected chi connectivity index (χ2v) is 10.3. The lowest BCUT2D eigenvalue weighted by molar-refractivity contribution is 0.184. The van der Waals surface area contributed by atoms with E-state index in [-0.39, 0.29) is 6.04 Å². The number of nitrogens with one attached hydrogen (secondary N) is 1. The summed E-state index contributed by atoms with van der Waals surface area (Å²) in [7, 11) is 0. The highest BCUT2D eigenvalue weighted by Gasteiger charge is 2.28. The van der Waals surface area contributed by atoms with Crippen LogP contribution in [0.1, 0.15) is 75.1 Å². The van der Waals surface area contributed by atoms with E-state index in [9.17, 15) is 4.79 Å². The summed E-state index contributed by atoms with van der Waals surface area (Å²) in [6.45, 7) is 2.08. The number of rotatable bonds is 5. The molecule has 6 nitrogen and oxygen atoms in total. The van der Waals surface area contributed by atoms with Crippen LogP contribution in [-0.4, -0.2) is 26.9 Å². The average molecular weight is 505 g/mol. The summed E-state index contributed by atoms with van der Waals surface area (Å²) >= 11 is 6.11. The van der Waals surface area contributed by atoms with Crippen molar-refractivity contribution in [3.8, 4) is 11.6 Å². The van der Waals surface area contributed by atoms with E-state index in [1.54, 1.807) is 12.4 Å². The van der Waals surface area contributed by atoms with Crippen molar-refractivity contribution in [3.05, 3.63) is 70.6 Å². The number of halogens is 1. The Morgan fingerprint density at radius 2 is 1.78 bits per heavy atom. The van der Waals surface area contributed by atoms with E-state index >= 15 is 0 Å². The van der Waals surface area contributed by atoms with Crippen LogP contribution < -0.4 is 10.1 Å². The normalized spacial score (nSPS) is 18.3. The fourth-order valence-electron chi connectivity index (χ4n) is 5.43. The molecule has 2 heterocycles. The molecule has 1 aromatic carbocycles. The summed E-state index contributed by atoms with van der Waals surface area (Å²) in [4.78, 5) is 17.1. The number of aromatic nitrogens is 3. The van der Waals surface area contributed by atoms with Gasteiger partial charge in [0.1, 0.15) is 0 Å². The Bertz CT molecular complexity index is 1210. The SMILES string of the molecule is C[C@@H](NC(=O)Oc1nn(-c2ccncc2)c2c1CCCC/C2=C\c1ccc(Cl)cc1)C1CCCCC1. The number of hydrogen-bond donors (Lipinski definition) is 1. The van der Waals surface area contributed by atoms with E-state index in [2.05, 4.69) is 23.3 Å². The van der Waals surface area contributed by atoms with Gasteiger partial charge in [-0.2, -0.15) is 0 Å². The lowest BCUT2D eigenvalue weighted by Crippen LogP contribution is -2.40. The van der Waals surface area contributed by atoms with Crippen molar-refractivity contribution in [2.24, 2.45) is 5.92 Å². The van der Waals surface area contributed by atoms with Crippen LogP contribution in [0, 0.1) is 5.92 Å². The van der Waals surface area contributed by atoms with Gasteiger partial charge in [-0.15, -0.1) is 5.10 Å². The van der Waals surface area contributed by atoms with Gasteiger partial charge < -0.3 is 10.1 Å². The molecule has 1 saturated carbocycles. The number of benzene rings is 1. The molecule has 36 heavy (non-hydrogen) atoms. The Kier molecular flexibility index (Phi) is 7.71. The maximum atomic E-state index is 13.0. The van der Waals surface area contributed by atoms with Crippen molar-refractivity contribution in [2.45, 2.75) is 70.8 Å². The van der Waals surface area contributed by atoms with E-state index in [4.69, 9.17) is 21.4 Å². The molecule has 3 aromatic rings. The summed E-state index contributed by atoms with van der Waals surface area (Å²) in [5.41, 5.74) is 5.10. The summed E-state index contributed by atoms with van der Waals surface area (Å²) in [6.07, 6.45) is 15.1. The van der Waals surface area contributed by atoms with Gasteiger partial charge in [-0.25, -0.2) is 9.48 Å². The van der Waals surface area contributed by atoms with Crippen LogP contribution in [0.2, 0.25) is 5.02 Å². The first-order chi connectivity index (χ1) is 17.6. The summed E-state index contributed by atoms with van der Waals surface area (Å²) in [5, 5.41) is 8.60. The third-order valence-corrected chi connectivity index (χ3v) is 7.64. The lowest BCUT2D eigenvalue weighted by atomic mass is 9.85. The van der Waals surface area contributed by atoms with Crippen LogP contribution >= 0.6 is 11.6 Å². The van der Waals surface area contributed by atoms with E-state index in [1.807, 2.05) is 41.1 Å². The van der Waals surface area contributed by atoms with E-state index < -0.39 is 6.09 Å². The molecular weight excluding hydrogens is 472 g/mol. The van der Waals surface area contributed by atoms with Gasteiger partial charge in [0.15, 0.2) is 0 Å². The van der Waals surface area contributed by atoms with Gasteiger partial charge in [-0.05, 0) is 92.8 Å². The number of ether oxygens (including phenoxy) is 1. The Morgan fingerprint density at radius 1 is 1.06 bits per heavy atom. The maximum absolute atomic E-state index is 13.0. The zero-order valence-corrected chi connectivity index (χ0v) is 21.5. The number of fused-ring (bicyclic) bond motifs is 1.